The van der Waals surface area contributed by atoms with E-state index < -0.39 is 0 Å². The van der Waals surface area contributed by atoms with E-state index in [2.05, 4.69) is 5.32 Å². The number of anilines is 1. The van der Waals surface area contributed by atoms with E-state index >= 15 is 0 Å². The summed E-state index contributed by atoms with van der Waals surface area (Å²) in [6.07, 6.45) is 0. The average Bonchev–Trinajstić information content (AvgIpc) is 2.56. The summed E-state index contributed by atoms with van der Waals surface area (Å²) in [6, 6.07) is 20.4. The van der Waals surface area contributed by atoms with Gasteiger partial charge >= 0.3 is 0 Å². The third-order valence-electron chi connectivity index (χ3n) is 2.90. The van der Waals surface area contributed by atoms with Gasteiger partial charge in [0.2, 0.25) is 0 Å². The predicted octanol–water partition coefficient (Wildman–Crippen LogP) is 3.57. The van der Waals surface area contributed by atoms with E-state index in [1.165, 1.54) is 0 Å². The maximum atomic E-state index is 9.13. The highest BCUT2D eigenvalue weighted by Crippen LogP contribution is 2.23. The number of nitrogens with zero attached hydrogens (tertiary/aromatic N) is 2. The summed E-state index contributed by atoms with van der Waals surface area (Å²) < 4.78 is 5.10. The number of methoxy groups -OCH3 is 1. The summed E-state index contributed by atoms with van der Waals surface area (Å²) in [5.74, 6) is 0.742. The van der Waals surface area contributed by atoms with Crippen molar-refractivity contribution >= 4 is 11.4 Å². The second kappa shape index (κ2) is 6.79. The molecule has 0 fully saturated rings. The molecule has 0 spiro atoms. The second-order valence-corrected chi connectivity index (χ2v) is 4.19. The standard InChI is InChI=1S/C17H13N3O/c1-21-16-9-7-15(8-10-16)20-17(14(11-18)12-19)13-5-3-2-4-6-13/h2-10,20H,1H3. The fraction of sp³-hybridized carbons (Fsp3) is 0.0588. The van der Waals surface area contributed by atoms with Gasteiger partial charge in [0.15, 0.2) is 5.57 Å². The van der Waals surface area contributed by atoms with Crippen molar-refractivity contribution in [2.24, 2.45) is 0 Å². The molecule has 0 aliphatic heterocycles. The Balaban J connectivity index is 2.40. The minimum atomic E-state index is 0.0389. The number of rotatable bonds is 4. The normalized spacial score (nSPS) is 9.10. The van der Waals surface area contributed by atoms with E-state index in [4.69, 9.17) is 15.3 Å². The summed E-state index contributed by atoms with van der Waals surface area (Å²) in [5, 5.41) is 21.4. The Labute approximate surface area is 123 Å². The summed E-state index contributed by atoms with van der Waals surface area (Å²) in [4.78, 5) is 0. The molecular formula is C17H13N3O. The van der Waals surface area contributed by atoms with Crippen molar-refractivity contribution in [3.63, 3.8) is 0 Å². The van der Waals surface area contributed by atoms with Crippen molar-refractivity contribution in [2.45, 2.75) is 0 Å². The van der Waals surface area contributed by atoms with E-state index in [9.17, 15) is 0 Å². The third kappa shape index (κ3) is 3.40. The smallest absolute Gasteiger partial charge is 0.153 e. The van der Waals surface area contributed by atoms with E-state index in [1.54, 1.807) is 7.11 Å². The fourth-order valence-corrected chi connectivity index (χ4v) is 1.84. The first-order chi connectivity index (χ1) is 10.3. The maximum Gasteiger partial charge on any atom is 0.153 e. The molecular weight excluding hydrogens is 262 g/mol. The van der Waals surface area contributed by atoms with Crippen molar-refractivity contribution in [1.82, 2.24) is 0 Å². The Morgan fingerprint density at radius 1 is 0.952 bits per heavy atom. The lowest BCUT2D eigenvalue weighted by Gasteiger charge is -2.12. The lowest BCUT2D eigenvalue weighted by Crippen LogP contribution is -2.02. The van der Waals surface area contributed by atoms with Crippen LogP contribution in [0.15, 0.2) is 60.2 Å². The van der Waals surface area contributed by atoms with Crippen molar-refractivity contribution < 1.29 is 4.74 Å². The first-order valence-corrected chi connectivity index (χ1v) is 6.29. The van der Waals surface area contributed by atoms with Gasteiger partial charge in [-0.2, -0.15) is 10.5 Å². The van der Waals surface area contributed by atoms with Gasteiger partial charge in [-0.3, -0.25) is 0 Å². The number of nitrogens with one attached hydrogen (secondary N) is 1. The highest BCUT2D eigenvalue weighted by Gasteiger charge is 2.09. The molecule has 0 atom stereocenters. The predicted molar refractivity (Wildman–Crippen MR) is 81.2 cm³/mol. The Kier molecular flexibility index (Phi) is 4.58. The number of ether oxygens (including phenoxy) is 1. The molecule has 0 bridgehead atoms. The van der Waals surface area contributed by atoms with Crippen molar-refractivity contribution in [3.05, 3.63) is 65.7 Å². The third-order valence-corrected chi connectivity index (χ3v) is 2.90. The van der Waals surface area contributed by atoms with Crippen LogP contribution in [0.5, 0.6) is 5.75 Å². The van der Waals surface area contributed by atoms with Crippen LogP contribution < -0.4 is 10.1 Å². The van der Waals surface area contributed by atoms with Gasteiger partial charge in [-0.1, -0.05) is 30.3 Å². The summed E-state index contributed by atoms with van der Waals surface area (Å²) in [6.45, 7) is 0. The summed E-state index contributed by atoms with van der Waals surface area (Å²) in [7, 11) is 1.60. The minimum Gasteiger partial charge on any atom is -0.497 e. The number of benzene rings is 2. The van der Waals surface area contributed by atoms with Crippen LogP contribution in [-0.2, 0) is 0 Å². The molecule has 0 heterocycles. The molecule has 0 aromatic heterocycles. The van der Waals surface area contributed by atoms with Crippen molar-refractivity contribution in [3.8, 4) is 17.9 Å². The van der Waals surface area contributed by atoms with Gasteiger partial charge in [0.25, 0.3) is 0 Å². The lowest BCUT2D eigenvalue weighted by atomic mass is 10.1. The van der Waals surface area contributed by atoms with Crippen LogP contribution in [0.4, 0.5) is 5.69 Å². The van der Waals surface area contributed by atoms with Gasteiger partial charge in [-0.05, 0) is 24.3 Å². The van der Waals surface area contributed by atoms with E-state index in [0.29, 0.717) is 5.70 Å². The molecule has 4 heteroatoms. The fourth-order valence-electron chi connectivity index (χ4n) is 1.84. The van der Waals surface area contributed by atoms with Gasteiger partial charge in [0, 0.05) is 11.3 Å². The molecule has 0 radical (unpaired) electrons. The average molecular weight is 275 g/mol. The van der Waals surface area contributed by atoms with Crippen LogP contribution in [-0.4, -0.2) is 7.11 Å². The maximum absolute atomic E-state index is 9.13. The number of hydrogen-bond donors (Lipinski definition) is 1. The molecule has 4 nitrogen and oxygen atoms in total. The molecule has 0 unspecified atom stereocenters. The summed E-state index contributed by atoms with van der Waals surface area (Å²) in [5.41, 5.74) is 2.09. The van der Waals surface area contributed by atoms with Crippen LogP contribution in [0.2, 0.25) is 0 Å². The van der Waals surface area contributed by atoms with Crippen molar-refractivity contribution in [2.75, 3.05) is 12.4 Å². The zero-order valence-electron chi connectivity index (χ0n) is 11.5. The molecule has 102 valence electrons. The molecule has 0 saturated carbocycles. The summed E-state index contributed by atoms with van der Waals surface area (Å²) >= 11 is 0. The van der Waals surface area contributed by atoms with Crippen molar-refractivity contribution in [1.29, 1.82) is 10.5 Å². The van der Waals surface area contributed by atoms with Gasteiger partial charge in [-0.15, -0.1) is 0 Å². The molecule has 1 N–H and O–H groups in total. The Bertz CT molecular complexity index is 703. The molecule has 2 aromatic carbocycles. The van der Waals surface area contributed by atoms with Gasteiger partial charge < -0.3 is 10.1 Å². The Morgan fingerprint density at radius 2 is 1.57 bits per heavy atom. The molecule has 0 aliphatic rings. The van der Waals surface area contributed by atoms with Gasteiger partial charge in [-0.25, -0.2) is 0 Å². The van der Waals surface area contributed by atoms with Gasteiger partial charge in [0.1, 0.15) is 17.9 Å². The van der Waals surface area contributed by atoms with Crippen LogP contribution in [0, 0.1) is 22.7 Å². The minimum absolute atomic E-state index is 0.0389. The first-order valence-electron chi connectivity index (χ1n) is 6.29. The number of nitriles is 2. The van der Waals surface area contributed by atoms with Gasteiger partial charge in [0.05, 0.1) is 12.8 Å². The van der Waals surface area contributed by atoms with Crippen LogP contribution >= 0.6 is 0 Å². The highest BCUT2D eigenvalue weighted by molar-refractivity contribution is 5.83. The first kappa shape index (κ1) is 14.2. The Morgan fingerprint density at radius 3 is 2.10 bits per heavy atom. The molecule has 0 amide bonds. The number of allylic oxidation sites excluding steroid dienone is 1. The molecule has 2 rings (SSSR count). The monoisotopic (exact) mass is 275 g/mol. The lowest BCUT2D eigenvalue weighted by molar-refractivity contribution is 0.415. The van der Waals surface area contributed by atoms with Crippen LogP contribution in [0.3, 0.4) is 0 Å². The molecule has 21 heavy (non-hydrogen) atoms. The quantitative estimate of drug-likeness (QED) is 0.866. The molecule has 0 saturated heterocycles. The number of hydrogen-bond acceptors (Lipinski definition) is 4. The zero-order chi connectivity index (χ0) is 15.1. The topological polar surface area (TPSA) is 68.8 Å². The largest absolute Gasteiger partial charge is 0.497 e. The second-order valence-electron chi connectivity index (χ2n) is 4.19. The zero-order valence-corrected chi connectivity index (χ0v) is 11.5. The molecule has 0 aliphatic carbocycles. The van der Waals surface area contributed by atoms with E-state index in [0.717, 1.165) is 17.0 Å². The van der Waals surface area contributed by atoms with E-state index in [-0.39, 0.29) is 5.57 Å². The SMILES string of the molecule is COc1ccc(NC(=C(C#N)C#N)c2ccccc2)cc1. The van der Waals surface area contributed by atoms with E-state index in [1.807, 2.05) is 66.7 Å². The Hall–Kier alpha value is -3.24. The van der Waals surface area contributed by atoms with Crippen LogP contribution in [0.1, 0.15) is 5.56 Å². The highest BCUT2D eigenvalue weighted by atomic mass is 16.5. The van der Waals surface area contributed by atoms with Crippen LogP contribution in [0.25, 0.3) is 5.70 Å². The molecule has 2 aromatic rings.